The normalized spacial score (nSPS) is 46.8. The average molecular weight is 461 g/mol. The molecule has 4 aliphatic rings. The number of Topliss-reactive ketones (excluding diaryl/α,β-unsaturated/α-hetero) is 1. The summed E-state index contributed by atoms with van der Waals surface area (Å²) in [5.74, 6) is 4.62. The highest BCUT2D eigenvalue weighted by molar-refractivity contribution is 7.90. The second-order valence-electron chi connectivity index (χ2n) is 12.2. The van der Waals surface area contributed by atoms with Gasteiger partial charge in [0.1, 0.15) is 12.5 Å². The van der Waals surface area contributed by atoms with Gasteiger partial charge in [0, 0.05) is 5.92 Å². The monoisotopic (exact) mass is 460 g/mol. The number of ketones is 1. The number of aliphatic hydroxyl groups is 1. The van der Waals surface area contributed by atoms with E-state index >= 15 is 0 Å². The predicted octanol–water partition coefficient (Wildman–Crippen LogP) is 4.46. The maximum Gasteiger partial charge on any atom is 0.190 e. The van der Waals surface area contributed by atoms with Gasteiger partial charge in [-0.3, -0.25) is 9.48 Å². The zero-order chi connectivity index (χ0) is 22.8. The van der Waals surface area contributed by atoms with Crippen molar-refractivity contribution in [2.24, 2.45) is 46.8 Å². The largest absolute Gasteiger partial charge is 0.612 e. The lowest BCUT2D eigenvalue weighted by molar-refractivity contribution is -0.133. The smallest absolute Gasteiger partial charge is 0.190 e. The zero-order valence-corrected chi connectivity index (χ0v) is 20.9. The maximum atomic E-state index is 13.5. The molecule has 2 unspecified atom stereocenters. The molecule has 0 amide bonds. The number of rotatable bonds is 4. The Balaban J connectivity index is 1.33. The summed E-state index contributed by atoms with van der Waals surface area (Å²) in [6.45, 7) is 7.13. The van der Waals surface area contributed by atoms with Crippen LogP contribution in [0.1, 0.15) is 72.1 Å². The first-order valence-corrected chi connectivity index (χ1v) is 14.3. The lowest BCUT2D eigenvalue weighted by Gasteiger charge is -2.57. The average Bonchev–Trinajstić information content (AvgIpc) is 3.29. The molecule has 0 saturated heterocycles. The van der Waals surface area contributed by atoms with E-state index in [0.29, 0.717) is 35.0 Å². The van der Waals surface area contributed by atoms with Crippen molar-refractivity contribution in [2.45, 2.75) is 89.2 Å². The van der Waals surface area contributed by atoms with Gasteiger partial charge in [-0.05, 0) is 110 Å². The molecule has 5 nitrogen and oxygen atoms in total. The molecule has 4 fully saturated rings. The molecule has 178 valence electrons. The lowest BCUT2D eigenvalue weighted by atomic mass is 9.48. The molecule has 0 aromatic carbocycles. The first-order chi connectivity index (χ1) is 15.1. The van der Waals surface area contributed by atoms with E-state index in [1.807, 2.05) is 6.92 Å². The molecule has 1 N–H and O–H groups in total. The molecule has 1 aromatic rings. The van der Waals surface area contributed by atoms with Gasteiger partial charge in [-0.25, -0.2) is 0 Å². The van der Waals surface area contributed by atoms with Gasteiger partial charge in [0.2, 0.25) is 0 Å². The predicted molar refractivity (Wildman–Crippen MR) is 125 cm³/mol. The van der Waals surface area contributed by atoms with Crippen molar-refractivity contribution < 1.29 is 14.5 Å². The van der Waals surface area contributed by atoms with E-state index in [-0.39, 0.29) is 11.3 Å². The summed E-state index contributed by atoms with van der Waals surface area (Å²) in [6, 6.07) is 0. The first kappa shape index (κ1) is 22.9. The molecular weight excluding hydrogens is 420 g/mol. The second kappa shape index (κ2) is 8.13. The van der Waals surface area contributed by atoms with E-state index in [0.717, 1.165) is 43.4 Å². The summed E-state index contributed by atoms with van der Waals surface area (Å²) in [5, 5.41) is 14.9. The molecule has 1 heterocycles. The number of carbonyl (C=O) groups is 1. The van der Waals surface area contributed by atoms with Gasteiger partial charge in [0.05, 0.1) is 18.3 Å². The molecule has 0 aliphatic heterocycles. The molecule has 10 atom stereocenters. The summed E-state index contributed by atoms with van der Waals surface area (Å²) < 4.78 is 13.4. The van der Waals surface area contributed by atoms with Crippen molar-refractivity contribution in [1.29, 1.82) is 0 Å². The van der Waals surface area contributed by atoms with Gasteiger partial charge in [0.25, 0.3) is 0 Å². The Morgan fingerprint density at radius 3 is 2.69 bits per heavy atom. The number of carbonyl (C=O) groups excluding carboxylic acids is 1. The van der Waals surface area contributed by atoms with E-state index in [4.69, 9.17) is 0 Å². The van der Waals surface area contributed by atoms with Crippen LogP contribution in [0.5, 0.6) is 0 Å². The molecular formula is C26H40N2O3S. The molecule has 4 saturated carbocycles. The van der Waals surface area contributed by atoms with Crippen LogP contribution in [0.2, 0.25) is 0 Å². The minimum atomic E-state index is -1.07. The number of hydrogen-bond acceptors (Lipinski definition) is 4. The Morgan fingerprint density at radius 1 is 1.22 bits per heavy atom. The number of nitrogens with zero attached hydrogens (tertiary/aromatic N) is 2. The Labute approximate surface area is 195 Å². The molecule has 4 aliphatic carbocycles. The van der Waals surface area contributed by atoms with Crippen LogP contribution >= 0.6 is 0 Å². The van der Waals surface area contributed by atoms with Crippen molar-refractivity contribution in [1.82, 2.24) is 9.78 Å². The van der Waals surface area contributed by atoms with E-state index in [2.05, 4.69) is 18.9 Å². The van der Waals surface area contributed by atoms with Gasteiger partial charge in [-0.15, -0.1) is 0 Å². The van der Waals surface area contributed by atoms with E-state index in [9.17, 15) is 14.5 Å². The van der Waals surface area contributed by atoms with Crippen LogP contribution in [0.15, 0.2) is 17.3 Å². The molecule has 0 radical (unpaired) electrons. The SMILES string of the molecule is C[C@@H]1C[C@H](C(=O)Cn2cc([S+](C)[O-])cn2)[C@@]2(C)CC[C@H]3[C@@H](CCC4C[C@](C)(O)CC[C@@H]43)[C@H]12. The van der Waals surface area contributed by atoms with Gasteiger partial charge in [-0.2, -0.15) is 5.10 Å². The zero-order valence-electron chi connectivity index (χ0n) is 20.1. The molecule has 6 heteroatoms. The third-order valence-corrected chi connectivity index (χ3v) is 11.1. The quantitative estimate of drug-likeness (QED) is 0.673. The maximum absolute atomic E-state index is 13.5. The standard InChI is InChI=1S/C26H40N2O3S/c1-16-11-22(23(29)15-28-14-18(13-27-28)32(4)31)26(3)10-8-20-19-7-9-25(2,30)12-17(19)5-6-21(20)24(16)26/h13-14,16-17,19-22,24,30H,5-12,15H2,1-4H3/t16-,17?,19+,20-,21-,22-,24+,25-,26-,32?/m1/s1. The highest BCUT2D eigenvalue weighted by Gasteiger charge is 2.61. The van der Waals surface area contributed by atoms with E-state index in [1.165, 1.54) is 25.7 Å². The van der Waals surface area contributed by atoms with E-state index in [1.54, 1.807) is 23.3 Å². The van der Waals surface area contributed by atoms with Gasteiger partial charge in [-0.1, -0.05) is 13.8 Å². The summed E-state index contributed by atoms with van der Waals surface area (Å²) in [4.78, 5) is 14.2. The van der Waals surface area contributed by atoms with Crippen molar-refractivity contribution in [3.63, 3.8) is 0 Å². The van der Waals surface area contributed by atoms with Crippen molar-refractivity contribution in [2.75, 3.05) is 6.26 Å². The minimum absolute atomic E-state index is 0.0915. The number of aromatic nitrogens is 2. The van der Waals surface area contributed by atoms with Crippen LogP contribution in [0.4, 0.5) is 0 Å². The molecule has 32 heavy (non-hydrogen) atoms. The number of fused-ring (bicyclic) bond motifs is 5. The van der Waals surface area contributed by atoms with E-state index < -0.39 is 16.8 Å². The van der Waals surface area contributed by atoms with Crippen molar-refractivity contribution in [3.05, 3.63) is 12.4 Å². The third kappa shape index (κ3) is 3.78. The van der Waals surface area contributed by atoms with Crippen LogP contribution in [0.3, 0.4) is 0 Å². The Bertz CT molecular complexity index is 867. The van der Waals surface area contributed by atoms with Gasteiger partial charge >= 0.3 is 0 Å². The van der Waals surface area contributed by atoms with Gasteiger partial charge < -0.3 is 9.66 Å². The fraction of sp³-hybridized carbons (Fsp3) is 0.846. The first-order valence-electron chi connectivity index (χ1n) is 12.7. The molecule has 1 aromatic heterocycles. The Morgan fingerprint density at radius 2 is 1.97 bits per heavy atom. The molecule has 5 rings (SSSR count). The molecule has 0 spiro atoms. The highest BCUT2D eigenvalue weighted by Crippen LogP contribution is 2.66. The van der Waals surface area contributed by atoms with Crippen LogP contribution in [-0.2, 0) is 22.5 Å². The third-order valence-electron chi connectivity index (χ3n) is 10.2. The summed E-state index contributed by atoms with van der Waals surface area (Å²) in [5.41, 5.74) is -0.375. The van der Waals surface area contributed by atoms with Crippen LogP contribution in [0.25, 0.3) is 0 Å². The van der Waals surface area contributed by atoms with Crippen molar-refractivity contribution in [3.8, 4) is 0 Å². The highest BCUT2D eigenvalue weighted by atomic mass is 32.2. The van der Waals surface area contributed by atoms with Crippen LogP contribution < -0.4 is 0 Å². The summed E-state index contributed by atoms with van der Waals surface area (Å²) in [7, 11) is 0. The lowest BCUT2D eigenvalue weighted by Crippen LogP contribution is -2.51. The Kier molecular flexibility index (Phi) is 5.82. The van der Waals surface area contributed by atoms with Crippen LogP contribution in [0, 0.1) is 46.8 Å². The second-order valence-corrected chi connectivity index (χ2v) is 13.6. The fourth-order valence-electron chi connectivity index (χ4n) is 8.97. The topological polar surface area (TPSA) is 78.2 Å². The van der Waals surface area contributed by atoms with Crippen molar-refractivity contribution >= 4 is 17.0 Å². The summed E-state index contributed by atoms with van der Waals surface area (Å²) >= 11 is -1.07. The summed E-state index contributed by atoms with van der Waals surface area (Å²) in [6.07, 6.45) is 14.1. The van der Waals surface area contributed by atoms with Crippen LogP contribution in [-0.4, -0.2) is 37.1 Å². The Hall–Kier alpha value is -0.850. The fourth-order valence-corrected chi connectivity index (χ4v) is 9.44. The van der Waals surface area contributed by atoms with Gasteiger partial charge in [0.15, 0.2) is 10.7 Å². The molecule has 0 bridgehead atoms. The minimum Gasteiger partial charge on any atom is -0.612 e. The number of hydrogen-bond donors (Lipinski definition) is 1.